The molecule has 0 atom stereocenters. The predicted octanol–water partition coefficient (Wildman–Crippen LogP) is 2.24. The topological polar surface area (TPSA) is 38.3 Å². The van der Waals surface area contributed by atoms with Crippen LogP contribution in [0.5, 0.6) is 0 Å². The second-order valence-corrected chi connectivity index (χ2v) is 3.20. The Morgan fingerprint density at radius 3 is 3.00 bits per heavy atom. The standard InChI is InChI=1S/C10H12ClNO2/c1-12-10(13)14-6-5-8-3-2-4-9(11)7-8/h2-4,7H,5-6H2,1H3,(H,12,13). The van der Waals surface area contributed by atoms with Gasteiger partial charge in [-0.25, -0.2) is 4.79 Å². The van der Waals surface area contributed by atoms with Gasteiger partial charge in [0.05, 0.1) is 6.61 Å². The third-order valence-electron chi connectivity index (χ3n) is 1.72. The highest BCUT2D eigenvalue weighted by Gasteiger charge is 1.98. The molecule has 1 aromatic carbocycles. The van der Waals surface area contributed by atoms with Crippen LogP contribution in [0.2, 0.25) is 5.02 Å². The Bertz CT molecular complexity index is 315. The Labute approximate surface area is 88.0 Å². The van der Waals surface area contributed by atoms with Crippen LogP contribution in [0.4, 0.5) is 4.79 Å². The van der Waals surface area contributed by atoms with Crippen LogP contribution < -0.4 is 5.32 Å². The van der Waals surface area contributed by atoms with E-state index in [0.29, 0.717) is 18.1 Å². The summed E-state index contributed by atoms with van der Waals surface area (Å²) in [6.45, 7) is 0.361. The zero-order valence-corrected chi connectivity index (χ0v) is 8.67. The summed E-state index contributed by atoms with van der Waals surface area (Å²) in [5.41, 5.74) is 1.06. The number of halogens is 1. The zero-order chi connectivity index (χ0) is 10.4. The Hall–Kier alpha value is -1.22. The molecule has 0 aliphatic carbocycles. The van der Waals surface area contributed by atoms with Crippen molar-refractivity contribution in [1.29, 1.82) is 0 Å². The minimum Gasteiger partial charge on any atom is -0.449 e. The summed E-state index contributed by atoms with van der Waals surface area (Å²) < 4.78 is 4.84. The van der Waals surface area contributed by atoms with E-state index in [1.165, 1.54) is 7.05 Å². The molecule has 1 N–H and O–H groups in total. The lowest BCUT2D eigenvalue weighted by atomic mass is 10.2. The van der Waals surface area contributed by atoms with E-state index in [4.69, 9.17) is 16.3 Å². The fourth-order valence-electron chi connectivity index (χ4n) is 1.03. The molecule has 0 fully saturated rings. The Balaban J connectivity index is 2.35. The van der Waals surface area contributed by atoms with Gasteiger partial charge in [-0.05, 0) is 17.7 Å². The van der Waals surface area contributed by atoms with Crippen LogP contribution in [0.15, 0.2) is 24.3 Å². The summed E-state index contributed by atoms with van der Waals surface area (Å²) in [7, 11) is 1.53. The van der Waals surface area contributed by atoms with Crippen molar-refractivity contribution in [2.24, 2.45) is 0 Å². The van der Waals surface area contributed by atoms with Crippen molar-refractivity contribution in [1.82, 2.24) is 5.32 Å². The van der Waals surface area contributed by atoms with Crippen LogP contribution in [0, 0.1) is 0 Å². The first-order chi connectivity index (χ1) is 6.72. The lowest BCUT2D eigenvalue weighted by Crippen LogP contribution is -2.20. The average Bonchev–Trinajstić information content (AvgIpc) is 2.17. The highest BCUT2D eigenvalue weighted by atomic mass is 35.5. The van der Waals surface area contributed by atoms with Crippen LogP contribution in [-0.2, 0) is 11.2 Å². The third-order valence-corrected chi connectivity index (χ3v) is 1.95. The number of rotatable bonds is 3. The summed E-state index contributed by atoms with van der Waals surface area (Å²) in [5, 5.41) is 3.07. The molecule has 3 nitrogen and oxygen atoms in total. The fourth-order valence-corrected chi connectivity index (χ4v) is 1.24. The maximum absolute atomic E-state index is 10.7. The zero-order valence-electron chi connectivity index (χ0n) is 7.92. The van der Waals surface area contributed by atoms with E-state index >= 15 is 0 Å². The second-order valence-electron chi connectivity index (χ2n) is 2.77. The first kappa shape index (κ1) is 10.9. The molecule has 0 saturated heterocycles. The van der Waals surface area contributed by atoms with Crippen LogP contribution in [0.3, 0.4) is 0 Å². The van der Waals surface area contributed by atoms with Gasteiger partial charge >= 0.3 is 6.09 Å². The molecule has 0 aromatic heterocycles. The number of hydrogen-bond acceptors (Lipinski definition) is 2. The monoisotopic (exact) mass is 213 g/mol. The van der Waals surface area contributed by atoms with Gasteiger partial charge in [0.15, 0.2) is 0 Å². The molecule has 1 aromatic rings. The number of carbonyl (C=O) groups is 1. The van der Waals surface area contributed by atoms with E-state index in [1.54, 1.807) is 0 Å². The van der Waals surface area contributed by atoms with Crippen LogP contribution >= 0.6 is 11.6 Å². The van der Waals surface area contributed by atoms with Crippen molar-refractivity contribution < 1.29 is 9.53 Å². The average molecular weight is 214 g/mol. The Morgan fingerprint density at radius 1 is 1.57 bits per heavy atom. The summed E-state index contributed by atoms with van der Waals surface area (Å²) in [5.74, 6) is 0. The molecule has 0 spiro atoms. The van der Waals surface area contributed by atoms with Crippen LogP contribution in [-0.4, -0.2) is 19.7 Å². The minimum atomic E-state index is -0.410. The highest BCUT2D eigenvalue weighted by molar-refractivity contribution is 6.30. The fraction of sp³-hybridized carbons (Fsp3) is 0.300. The van der Waals surface area contributed by atoms with Crippen LogP contribution in [0.1, 0.15) is 5.56 Å². The quantitative estimate of drug-likeness (QED) is 0.837. The molecule has 1 rings (SSSR count). The van der Waals surface area contributed by atoms with Crippen molar-refractivity contribution in [2.45, 2.75) is 6.42 Å². The van der Waals surface area contributed by atoms with Gasteiger partial charge in [-0.3, -0.25) is 0 Å². The molecule has 0 heterocycles. The van der Waals surface area contributed by atoms with E-state index in [1.807, 2.05) is 24.3 Å². The molecule has 0 bridgehead atoms. The van der Waals surface area contributed by atoms with Gasteiger partial charge in [-0.1, -0.05) is 23.7 Å². The van der Waals surface area contributed by atoms with Gasteiger partial charge in [0, 0.05) is 18.5 Å². The van der Waals surface area contributed by atoms with Gasteiger partial charge in [0.1, 0.15) is 0 Å². The normalized spacial score (nSPS) is 9.57. The molecule has 76 valence electrons. The number of ether oxygens (including phenoxy) is 1. The molecule has 0 saturated carbocycles. The van der Waals surface area contributed by atoms with Gasteiger partial charge in [0.2, 0.25) is 0 Å². The minimum absolute atomic E-state index is 0.361. The number of alkyl carbamates (subject to hydrolysis) is 1. The Kier molecular flexibility index (Phi) is 4.26. The van der Waals surface area contributed by atoms with Crippen molar-refractivity contribution in [3.8, 4) is 0 Å². The molecular weight excluding hydrogens is 202 g/mol. The summed E-state index contributed by atoms with van der Waals surface area (Å²) in [4.78, 5) is 10.7. The SMILES string of the molecule is CNC(=O)OCCc1cccc(Cl)c1. The van der Waals surface area contributed by atoms with E-state index in [2.05, 4.69) is 5.32 Å². The molecule has 0 aliphatic heterocycles. The van der Waals surface area contributed by atoms with Crippen molar-refractivity contribution in [3.63, 3.8) is 0 Å². The Morgan fingerprint density at radius 2 is 2.36 bits per heavy atom. The van der Waals surface area contributed by atoms with Gasteiger partial charge < -0.3 is 10.1 Å². The van der Waals surface area contributed by atoms with Crippen LogP contribution in [0.25, 0.3) is 0 Å². The van der Waals surface area contributed by atoms with E-state index in [-0.39, 0.29) is 0 Å². The second kappa shape index (κ2) is 5.50. The highest BCUT2D eigenvalue weighted by Crippen LogP contribution is 2.10. The largest absolute Gasteiger partial charge is 0.449 e. The van der Waals surface area contributed by atoms with Crippen molar-refractivity contribution in [2.75, 3.05) is 13.7 Å². The molecule has 4 heteroatoms. The maximum Gasteiger partial charge on any atom is 0.406 e. The number of nitrogens with one attached hydrogen (secondary N) is 1. The van der Waals surface area contributed by atoms with E-state index in [9.17, 15) is 4.79 Å². The molecule has 14 heavy (non-hydrogen) atoms. The number of benzene rings is 1. The van der Waals surface area contributed by atoms with E-state index < -0.39 is 6.09 Å². The van der Waals surface area contributed by atoms with Gasteiger partial charge in [0.25, 0.3) is 0 Å². The molecule has 0 aliphatic rings. The molecule has 0 radical (unpaired) electrons. The summed E-state index contributed by atoms with van der Waals surface area (Å²) >= 11 is 5.79. The predicted molar refractivity (Wildman–Crippen MR) is 55.6 cm³/mol. The molecule has 1 amide bonds. The molecular formula is C10H12ClNO2. The van der Waals surface area contributed by atoms with Crippen molar-refractivity contribution in [3.05, 3.63) is 34.9 Å². The third kappa shape index (κ3) is 3.66. The molecule has 0 unspecified atom stereocenters. The summed E-state index contributed by atoms with van der Waals surface area (Å²) in [6, 6.07) is 7.48. The summed E-state index contributed by atoms with van der Waals surface area (Å²) in [6.07, 6.45) is 0.264. The number of amides is 1. The smallest absolute Gasteiger partial charge is 0.406 e. The first-order valence-corrected chi connectivity index (χ1v) is 4.69. The first-order valence-electron chi connectivity index (χ1n) is 4.31. The lowest BCUT2D eigenvalue weighted by molar-refractivity contribution is 0.150. The number of hydrogen-bond donors (Lipinski definition) is 1. The van der Waals surface area contributed by atoms with Crippen molar-refractivity contribution >= 4 is 17.7 Å². The maximum atomic E-state index is 10.7. The lowest BCUT2D eigenvalue weighted by Gasteiger charge is -2.03. The van der Waals surface area contributed by atoms with Gasteiger partial charge in [-0.2, -0.15) is 0 Å². The van der Waals surface area contributed by atoms with Gasteiger partial charge in [-0.15, -0.1) is 0 Å². The van der Waals surface area contributed by atoms with E-state index in [0.717, 1.165) is 5.56 Å². The number of carbonyl (C=O) groups excluding carboxylic acids is 1.